The molecule has 0 atom stereocenters. The molecule has 382 valence electrons. The van der Waals surface area contributed by atoms with Crippen molar-refractivity contribution in [1.29, 1.82) is 0 Å². The van der Waals surface area contributed by atoms with Crippen LogP contribution in [-0.2, 0) is 49.6 Å². The predicted molar refractivity (Wildman–Crippen MR) is 279 cm³/mol. The van der Waals surface area contributed by atoms with Crippen molar-refractivity contribution in [3.63, 3.8) is 0 Å². The molecule has 2 aromatic heterocycles. The Hall–Kier alpha value is -8.78. The molecule has 0 spiro atoms. The first-order valence-electron chi connectivity index (χ1n) is 23.5. The highest BCUT2D eigenvalue weighted by atomic mass is 19.1. The molecule has 2 aliphatic carbocycles. The van der Waals surface area contributed by atoms with E-state index in [0.717, 1.165) is 16.5 Å². The molecule has 2 fully saturated rings. The number of hydrogen-bond acceptors (Lipinski definition) is 11. The summed E-state index contributed by atoms with van der Waals surface area (Å²) in [6.07, 6.45) is 5.90. The number of rotatable bonds is 18. The molecule has 75 heavy (non-hydrogen) atoms. The third-order valence-electron chi connectivity index (χ3n) is 13.3. The number of fused-ring (bicyclic) bond motifs is 2. The summed E-state index contributed by atoms with van der Waals surface area (Å²) in [4.78, 5) is 83.4. The van der Waals surface area contributed by atoms with Crippen molar-refractivity contribution in [1.82, 2.24) is 9.97 Å². The maximum absolute atomic E-state index is 13.1. The van der Waals surface area contributed by atoms with E-state index in [1.807, 2.05) is 12.1 Å². The molecule has 0 amide bonds. The van der Waals surface area contributed by atoms with Crippen LogP contribution >= 0.6 is 0 Å². The molecular formula is C61H54F2N2O10. The van der Waals surface area contributed by atoms with E-state index in [1.54, 1.807) is 109 Å². The summed E-state index contributed by atoms with van der Waals surface area (Å²) >= 11 is 0. The van der Waals surface area contributed by atoms with Crippen LogP contribution in [0.4, 0.5) is 8.78 Å². The van der Waals surface area contributed by atoms with Crippen LogP contribution in [0.15, 0.2) is 158 Å². The van der Waals surface area contributed by atoms with Gasteiger partial charge >= 0.3 is 11.9 Å². The fourth-order valence-electron chi connectivity index (χ4n) is 8.70. The maximum atomic E-state index is 13.1. The van der Waals surface area contributed by atoms with E-state index in [4.69, 9.17) is 14.2 Å². The van der Waals surface area contributed by atoms with Crippen molar-refractivity contribution in [3.05, 3.63) is 203 Å². The number of aromatic carboxylic acids is 1. The van der Waals surface area contributed by atoms with Gasteiger partial charge in [-0.15, -0.1) is 0 Å². The molecule has 10 rings (SSSR count). The van der Waals surface area contributed by atoms with E-state index < -0.39 is 22.8 Å². The first kappa shape index (κ1) is 54.0. The summed E-state index contributed by atoms with van der Waals surface area (Å²) in [6, 6.07) is 39.0. The highest BCUT2D eigenvalue weighted by Crippen LogP contribution is 2.50. The quantitative estimate of drug-likeness (QED) is 0.0637. The monoisotopic (exact) mass is 1010 g/mol. The summed E-state index contributed by atoms with van der Waals surface area (Å²) < 4.78 is 43.1. The van der Waals surface area contributed by atoms with Gasteiger partial charge in [-0.05, 0) is 145 Å². The molecule has 0 saturated heterocycles. The van der Waals surface area contributed by atoms with Crippen LogP contribution in [0.3, 0.4) is 0 Å². The van der Waals surface area contributed by atoms with Crippen molar-refractivity contribution >= 4 is 56.9 Å². The summed E-state index contributed by atoms with van der Waals surface area (Å²) in [5.74, 6) is -0.357. The largest absolute Gasteiger partial charge is 0.478 e. The van der Waals surface area contributed by atoms with Crippen molar-refractivity contribution in [2.45, 2.75) is 66.2 Å². The number of ether oxygens (including phenoxy) is 3. The van der Waals surface area contributed by atoms with Crippen LogP contribution in [0.25, 0.3) is 21.8 Å². The third kappa shape index (κ3) is 12.4. The summed E-state index contributed by atoms with van der Waals surface area (Å²) in [5, 5.41) is 10.6. The van der Waals surface area contributed by atoms with Gasteiger partial charge in [-0.25, -0.2) is 18.4 Å². The number of carboxylic acid groups (broad SMARTS) is 1. The molecule has 2 aliphatic rings. The summed E-state index contributed by atoms with van der Waals surface area (Å²) in [5.41, 5.74) is 2.76. The molecule has 0 radical (unpaired) electrons. The molecule has 8 aromatic rings. The lowest BCUT2D eigenvalue weighted by molar-refractivity contribution is -0.135. The van der Waals surface area contributed by atoms with E-state index in [0.29, 0.717) is 81.8 Å². The Morgan fingerprint density at radius 1 is 0.480 bits per heavy atom. The van der Waals surface area contributed by atoms with Crippen LogP contribution in [0.1, 0.15) is 83.5 Å². The maximum Gasteiger partial charge on any atom is 0.337 e. The van der Waals surface area contributed by atoms with Crippen molar-refractivity contribution in [2.24, 2.45) is 10.8 Å². The molecule has 0 aliphatic heterocycles. The molecule has 14 heteroatoms. The molecule has 6 aromatic carbocycles. The average Bonchev–Trinajstić information content (AvgIpc) is 4.35. The summed E-state index contributed by atoms with van der Waals surface area (Å²) in [6.45, 7) is 0. The highest BCUT2D eigenvalue weighted by Gasteiger charge is 2.55. The molecule has 2 saturated carbocycles. The minimum absolute atomic E-state index is 0. The zero-order valence-corrected chi connectivity index (χ0v) is 39.4. The molecule has 0 bridgehead atoms. The Bertz CT molecular complexity index is 3420. The third-order valence-corrected chi connectivity index (χ3v) is 13.3. The fourth-order valence-corrected chi connectivity index (χ4v) is 8.70. The number of benzene rings is 6. The Labute approximate surface area is 432 Å². The Morgan fingerprint density at radius 3 is 1.15 bits per heavy atom. The molecular weight excluding hydrogens is 959 g/mol. The van der Waals surface area contributed by atoms with E-state index >= 15 is 0 Å². The average molecular weight is 1010 g/mol. The number of methoxy groups -OCH3 is 1. The van der Waals surface area contributed by atoms with Gasteiger partial charge in [0.15, 0.2) is 23.1 Å². The Balaban J connectivity index is 0.000000213. The zero-order chi connectivity index (χ0) is 51.3. The van der Waals surface area contributed by atoms with Crippen LogP contribution in [0.5, 0.6) is 23.0 Å². The first-order valence-corrected chi connectivity index (χ1v) is 23.5. The number of carbonyl (C=O) groups excluding carboxylic acids is 5. The van der Waals surface area contributed by atoms with E-state index in [1.165, 1.54) is 43.5 Å². The number of ketones is 4. The number of hydrogen-bond donors (Lipinski definition) is 1. The van der Waals surface area contributed by atoms with E-state index in [2.05, 4.69) is 9.97 Å². The normalized spacial score (nSPS) is 13.4. The fraction of sp³-hybridized carbons (Fsp3) is 0.213. The molecule has 2 heterocycles. The smallest absolute Gasteiger partial charge is 0.337 e. The van der Waals surface area contributed by atoms with Crippen molar-refractivity contribution < 1.29 is 56.9 Å². The van der Waals surface area contributed by atoms with Gasteiger partial charge in [0.2, 0.25) is 0 Å². The number of carbonyl (C=O) groups is 6. The molecule has 12 nitrogen and oxygen atoms in total. The lowest BCUT2D eigenvalue weighted by Gasteiger charge is -2.14. The number of halogens is 2. The zero-order valence-electron chi connectivity index (χ0n) is 39.4. The number of pyridine rings is 2. The lowest BCUT2D eigenvalue weighted by Crippen LogP contribution is -2.28. The van der Waals surface area contributed by atoms with Crippen LogP contribution in [0, 0.1) is 22.5 Å². The van der Waals surface area contributed by atoms with Gasteiger partial charge < -0.3 is 19.3 Å². The van der Waals surface area contributed by atoms with Gasteiger partial charge in [0.05, 0.1) is 40.1 Å². The van der Waals surface area contributed by atoms with Crippen LogP contribution < -0.4 is 9.47 Å². The number of nitrogens with zero attached hydrogens (tertiary/aromatic N) is 2. The second-order valence-corrected chi connectivity index (χ2v) is 18.2. The second kappa shape index (κ2) is 23.0. The van der Waals surface area contributed by atoms with Crippen LogP contribution in [-0.4, -0.2) is 57.3 Å². The topological polar surface area (TPSA) is 176 Å². The van der Waals surface area contributed by atoms with E-state index in [-0.39, 0.29) is 80.9 Å². The van der Waals surface area contributed by atoms with Gasteiger partial charge in [0, 0.05) is 48.8 Å². The second-order valence-electron chi connectivity index (χ2n) is 18.2. The minimum atomic E-state index is -1.03. The highest BCUT2D eigenvalue weighted by molar-refractivity contribution is 6.11. The van der Waals surface area contributed by atoms with Crippen molar-refractivity contribution in [2.75, 3.05) is 7.11 Å². The van der Waals surface area contributed by atoms with Crippen molar-refractivity contribution in [3.8, 4) is 23.0 Å². The molecule has 0 unspecified atom stereocenters. The first-order chi connectivity index (χ1) is 35.2. The number of esters is 1. The summed E-state index contributed by atoms with van der Waals surface area (Å²) in [7, 11) is 1.33. The Kier molecular flexibility index (Phi) is 16.5. The van der Waals surface area contributed by atoms with Gasteiger partial charge in [0.25, 0.3) is 0 Å². The van der Waals surface area contributed by atoms with Gasteiger partial charge in [-0.1, -0.05) is 63.4 Å². The standard InChI is InChI=1S/C30H24FNO5.C29H22FNO5.2CH4/c1-36-29(35)21-6-11-24-25(18-21)32-15-12-26(24)37-23-9-4-20(5-10-23)17-28(34)30(13-14-30)27(33)16-19-2-7-22(31)8-3-19;30-21-6-1-18(2-7-21)15-26(32)29(12-13-29)27(33)16-19-3-8-22(9-4-19)36-25-11-14-31-24-17-20(28(34)35)5-10-23(24)25;;/h2-12,15,18H,13-14,16-17H2,1H3;1-11,14,17H,12-13,15-16H2,(H,34,35);2*1H4. The predicted octanol–water partition coefficient (Wildman–Crippen LogP) is 12.5. The SMILES string of the molecule is C.C.COC(=O)c1ccc2c(Oc3ccc(CC(=O)C4(C(=O)Cc5ccc(F)cc5)CC4)cc3)ccnc2c1.O=C(O)c1ccc2c(Oc3ccc(CC(=O)C4(C(=O)Cc5ccc(F)cc5)CC4)cc3)ccnc2c1. The minimum Gasteiger partial charge on any atom is -0.478 e. The van der Waals surface area contributed by atoms with Crippen LogP contribution in [0.2, 0.25) is 0 Å². The lowest BCUT2D eigenvalue weighted by atomic mass is 9.88. The van der Waals surface area contributed by atoms with E-state index in [9.17, 15) is 42.7 Å². The van der Waals surface area contributed by atoms with Gasteiger partial charge in [-0.2, -0.15) is 0 Å². The Morgan fingerprint density at radius 2 is 0.813 bits per heavy atom. The number of aromatic nitrogens is 2. The number of Topliss-reactive ketones (excluding diaryl/α,β-unsaturated/α-hetero) is 4. The molecule has 1 N–H and O–H groups in total. The number of carboxylic acids is 1. The van der Waals surface area contributed by atoms with Gasteiger partial charge in [-0.3, -0.25) is 29.1 Å². The van der Waals surface area contributed by atoms with Gasteiger partial charge in [0.1, 0.15) is 34.6 Å².